The second-order valence-electron chi connectivity index (χ2n) is 6.70. The zero-order chi connectivity index (χ0) is 21.6. The van der Waals surface area contributed by atoms with Crippen LogP contribution in [0.25, 0.3) is 0 Å². The van der Waals surface area contributed by atoms with Gasteiger partial charge in [-0.1, -0.05) is 0 Å². The van der Waals surface area contributed by atoms with Gasteiger partial charge in [0.1, 0.15) is 13.2 Å². The summed E-state index contributed by atoms with van der Waals surface area (Å²) in [4.78, 5) is 11.6. The summed E-state index contributed by atoms with van der Waals surface area (Å²) in [6, 6.07) is 0.789. The van der Waals surface area contributed by atoms with Gasteiger partial charge in [0.15, 0.2) is 0 Å². The normalized spacial score (nSPS) is 12.3. The minimum atomic E-state index is -3.92. The van der Waals surface area contributed by atoms with Crippen LogP contribution in [-0.4, -0.2) is 106 Å². The molecule has 0 atom stereocenters. The minimum absolute atomic E-state index is 0.115. The first kappa shape index (κ1) is 29.0. The van der Waals surface area contributed by atoms with Crippen LogP contribution in [0.3, 0.4) is 0 Å². The molecule has 0 saturated carbocycles. The Kier molecular flexibility index (Phi) is 15.8. The molecule has 0 aliphatic heterocycles. The Bertz CT molecular complexity index is 476. The number of carbonyl (C=O) groups excluding carboxylic acids is 1. The van der Waals surface area contributed by atoms with Crippen LogP contribution in [-0.2, 0) is 32.9 Å². The molecule has 0 N–H and O–H groups in total. The predicted octanol–water partition coefficient (Wildman–Crippen LogP) is 0.789. The van der Waals surface area contributed by atoms with Crippen molar-refractivity contribution in [3.05, 3.63) is 0 Å². The number of quaternary nitrogens is 1. The average Bonchev–Trinajstić information content (AvgIpc) is 2.52. The lowest BCUT2D eigenvalue weighted by Crippen LogP contribution is -2.42. The molecule has 0 aromatic carbocycles. The van der Waals surface area contributed by atoms with Crippen molar-refractivity contribution in [2.45, 2.75) is 18.9 Å². The van der Waals surface area contributed by atoms with Gasteiger partial charge in [0.05, 0.1) is 37.7 Å². The van der Waals surface area contributed by atoms with Crippen molar-refractivity contribution < 1.29 is 40.3 Å². The summed E-state index contributed by atoms with van der Waals surface area (Å²) in [6.07, 6.45) is 2.01. The summed E-state index contributed by atoms with van der Waals surface area (Å²) >= 11 is 1.74. The number of nitrogens with zero attached hydrogens (tertiary/aromatic N) is 1. The molecule has 0 spiro atoms. The van der Waals surface area contributed by atoms with Gasteiger partial charge in [0.2, 0.25) is 0 Å². The third kappa shape index (κ3) is 21.9. The molecule has 27 heavy (non-hydrogen) atoms. The van der Waals surface area contributed by atoms with Crippen molar-refractivity contribution in [3.8, 4) is 0 Å². The highest BCUT2D eigenvalue weighted by molar-refractivity contribution is 7.99. The third-order valence-corrected chi connectivity index (χ3v) is 7.08. The van der Waals surface area contributed by atoms with Crippen molar-refractivity contribution in [1.82, 2.24) is 0 Å². The van der Waals surface area contributed by atoms with E-state index in [4.69, 9.17) is 31.0 Å². The molecule has 0 heterocycles. The summed E-state index contributed by atoms with van der Waals surface area (Å²) in [5.74, 6) is 1.62. The topological polar surface area (TPSA) is 111 Å². The molecule has 0 aliphatic carbocycles. The fourth-order valence-electron chi connectivity index (χ4n) is 1.71. The van der Waals surface area contributed by atoms with Crippen molar-refractivity contribution in [2.24, 2.45) is 0 Å². The van der Waals surface area contributed by atoms with Gasteiger partial charge in [-0.3, -0.25) is 4.79 Å². The molecule has 0 unspecified atom stereocenters. The summed E-state index contributed by atoms with van der Waals surface area (Å²) in [6.45, 7) is 1.31. The number of carbonyl (C=O) groups is 1. The molecule has 0 aliphatic rings. The monoisotopic (exact) mass is 449 g/mol. The number of esters is 1. The highest BCUT2D eigenvalue weighted by Gasteiger charge is 2.36. The number of rotatable bonds is 13. The van der Waals surface area contributed by atoms with Crippen LogP contribution in [0.2, 0.25) is 6.04 Å². The van der Waals surface area contributed by atoms with Crippen molar-refractivity contribution in [1.29, 1.82) is 0 Å². The van der Waals surface area contributed by atoms with Gasteiger partial charge < -0.3 is 27.1 Å². The molecule has 0 aromatic rings. The fraction of sp³-hybridized carbons (Fsp3) is 0.933. The molecule has 0 rings (SSSR count). The smallest absolute Gasteiger partial charge is 0.500 e. The molecular formula is C15H35NO8S2Si. The molecule has 0 radical (unpaired) electrons. The van der Waals surface area contributed by atoms with Crippen LogP contribution in [0.4, 0.5) is 0 Å². The summed E-state index contributed by atoms with van der Waals surface area (Å²) in [5, 5.41) is 0. The maximum atomic E-state index is 11.6. The highest BCUT2D eigenvalue weighted by Crippen LogP contribution is 2.17. The Labute approximate surface area is 169 Å². The van der Waals surface area contributed by atoms with E-state index in [1.54, 1.807) is 33.1 Å². The quantitative estimate of drug-likeness (QED) is 0.132. The van der Waals surface area contributed by atoms with Gasteiger partial charge in [-0.2, -0.15) is 11.8 Å². The first-order chi connectivity index (χ1) is 12.3. The average molecular weight is 450 g/mol. The highest BCUT2D eigenvalue weighted by atomic mass is 32.2. The Morgan fingerprint density at radius 2 is 1.56 bits per heavy atom. The maximum Gasteiger partial charge on any atom is 0.500 e. The van der Waals surface area contributed by atoms with Crippen LogP contribution < -0.4 is 0 Å². The zero-order valence-corrected chi connectivity index (χ0v) is 20.1. The predicted molar refractivity (Wildman–Crippen MR) is 108 cm³/mol. The first-order valence-electron chi connectivity index (χ1n) is 8.38. The van der Waals surface area contributed by atoms with Crippen molar-refractivity contribution in [3.63, 3.8) is 0 Å². The van der Waals surface area contributed by atoms with E-state index in [1.807, 2.05) is 0 Å². The number of hydrogen-bond donors (Lipinski definition) is 0. The number of hydrogen-bond acceptors (Lipinski definition) is 9. The van der Waals surface area contributed by atoms with Crippen molar-refractivity contribution in [2.75, 3.05) is 73.4 Å². The third-order valence-electron chi connectivity index (χ3n) is 3.18. The molecule has 0 amide bonds. The van der Waals surface area contributed by atoms with Crippen LogP contribution in [0.15, 0.2) is 0 Å². The van der Waals surface area contributed by atoms with E-state index in [0.717, 1.165) is 35.0 Å². The largest absolute Gasteiger partial charge is 0.748 e. The van der Waals surface area contributed by atoms with Gasteiger partial charge in [0, 0.05) is 39.4 Å². The van der Waals surface area contributed by atoms with Crippen LogP contribution in [0.5, 0.6) is 0 Å². The van der Waals surface area contributed by atoms with E-state index in [1.165, 1.54) is 0 Å². The van der Waals surface area contributed by atoms with Gasteiger partial charge in [-0.25, -0.2) is 8.42 Å². The number of thioether (sulfide) groups is 1. The van der Waals surface area contributed by atoms with Gasteiger partial charge >= 0.3 is 14.8 Å². The second-order valence-corrected chi connectivity index (χ2v) is 12.4. The van der Waals surface area contributed by atoms with Gasteiger partial charge in [0.25, 0.3) is 0 Å². The van der Waals surface area contributed by atoms with E-state index in [2.05, 4.69) is 21.1 Å². The lowest BCUT2D eigenvalue weighted by Gasteiger charge is -2.24. The van der Waals surface area contributed by atoms with Crippen LogP contribution >= 0.6 is 11.8 Å². The van der Waals surface area contributed by atoms with E-state index in [-0.39, 0.29) is 5.97 Å². The molecule has 0 saturated heterocycles. The van der Waals surface area contributed by atoms with Gasteiger partial charge in [-0.15, -0.1) is 0 Å². The van der Waals surface area contributed by atoms with E-state index in [0.29, 0.717) is 19.3 Å². The summed E-state index contributed by atoms with van der Waals surface area (Å²) < 4.78 is 49.3. The Balaban J connectivity index is 0. The van der Waals surface area contributed by atoms with E-state index in [9.17, 15) is 4.79 Å². The molecule has 0 fully saturated rings. The maximum absolute atomic E-state index is 11.6. The molecule has 164 valence electrons. The molecular weight excluding hydrogens is 414 g/mol. The minimum Gasteiger partial charge on any atom is -0.748 e. The molecule has 12 heteroatoms. The van der Waals surface area contributed by atoms with Crippen LogP contribution in [0.1, 0.15) is 12.8 Å². The van der Waals surface area contributed by atoms with E-state index < -0.39 is 18.9 Å². The summed E-state index contributed by atoms with van der Waals surface area (Å²) in [7, 11) is 4.74. The Morgan fingerprint density at radius 3 is 1.96 bits per heavy atom. The Hall–Kier alpha value is -0.213. The lowest BCUT2D eigenvalue weighted by atomic mass is 10.5. The molecule has 9 nitrogen and oxygen atoms in total. The van der Waals surface area contributed by atoms with Gasteiger partial charge in [-0.05, 0) is 12.2 Å². The fourth-order valence-corrected chi connectivity index (χ4v) is 4.55. The lowest BCUT2D eigenvalue weighted by molar-refractivity contribution is -0.870. The van der Waals surface area contributed by atoms with E-state index >= 15 is 0 Å². The standard InChI is InChI=1S/C14H32NO5SSi.CH4O3S/c1-15(2,3)9-10-20-14(16)8-12-21-11-7-13-22(17-4,18-5)19-6;1-5(2,3)4/h7-13H2,1-6H3;1H3,(H,2,3,4)/q+1;/p-1. The Morgan fingerprint density at radius 1 is 1.07 bits per heavy atom. The molecule has 0 bridgehead atoms. The van der Waals surface area contributed by atoms with Crippen molar-refractivity contribution >= 4 is 36.7 Å². The molecule has 0 aromatic heterocycles. The van der Waals surface area contributed by atoms with Crippen LogP contribution in [0, 0.1) is 0 Å². The summed E-state index contributed by atoms with van der Waals surface area (Å²) in [5.41, 5.74) is 0. The SMILES string of the molecule is CO[Si](CCCSCCC(=O)OCC[N+](C)(C)C)(OC)OC.CS(=O)(=O)[O-]. The second kappa shape index (κ2) is 14.7. The first-order valence-corrected chi connectivity index (χ1v) is 13.3. The number of ether oxygens (including phenoxy) is 1. The zero-order valence-electron chi connectivity index (χ0n) is 17.5. The number of likely N-dealkylation sites (N-methyl/N-ethyl adjacent to an activating group) is 1.